The molecule has 5 atom stereocenters. The molecule has 0 aromatic heterocycles. The summed E-state index contributed by atoms with van der Waals surface area (Å²) in [7, 11) is 1.57. The molecule has 1 aromatic carbocycles. The van der Waals surface area contributed by atoms with Crippen molar-refractivity contribution in [2.45, 2.75) is 82.3 Å². The molecule has 2 bridgehead atoms. The number of likely N-dealkylation sites (tertiary alicyclic amines) is 1. The van der Waals surface area contributed by atoms with Crippen LogP contribution in [0.15, 0.2) is 36.4 Å². The van der Waals surface area contributed by atoms with E-state index in [0.29, 0.717) is 31.0 Å². The Balaban J connectivity index is 1.39. The standard InChI is InChI=1S/C29H39N3O6/c1-18(2)37-16-8-15-32-25(27(34)30-19-9-5-4-6-10-19)29-14-13-22(38-29)23(24(29)28(32)35)26(33)31-20-11-7-12-21(17-20)36-3/h7,11-14,17-19,22-25H,4-6,8-10,15-16H2,1-3H3,(H,30,34)(H,31,33). The van der Waals surface area contributed by atoms with Gasteiger partial charge in [0.1, 0.15) is 17.4 Å². The number of methoxy groups -OCH3 is 1. The van der Waals surface area contributed by atoms with Gasteiger partial charge >= 0.3 is 0 Å². The van der Waals surface area contributed by atoms with Gasteiger partial charge in [0.25, 0.3) is 0 Å². The highest BCUT2D eigenvalue weighted by Crippen LogP contribution is 2.55. The number of fused-ring (bicyclic) bond motifs is 1. The Morgan fingerprint density at radius 2 is 1.97 bits per heavy atom. The minimum Gasteiger partial charge on any atom is -0.497 e. The van der Waals surface area contributed by atoms with E-state index in [4.69, 9.17) is 14.2 Å². The molecule has 206 valence electrons. The van der Waals surface area contributed by atoms with Gasteiger partial charge in [-0.15, -0.1) is 0 Å². The summed E-state index contributed by atoms with van der Waals surface area (Å²) in [6.45, 7) is 4.77. The molecule has 5 unspecified atom stereocenters. The molecule has 1 spiro atoms. The molecule has 38 heavy (non-hydrogen) atoms. The van der Waals surface area contributed by atoms with Crippen molar-refractivity contribution in [3.63, 3.8) is 0 Å². The third-order valence-electron chi connectivity index (χ3n) is 8.21. The van der Waals surface area contributed by atoms with Crippen LogP contribution in [0.25, 0.3) is 0 Å². The minimum atomic E-state index is -1.16. The van der Waals surface area contributed by atoms with Crippen LogP contribution >= 0.6 is 0 Å². The van der Waals surface area contributed by atoms with Crippen LogP contribution in [0.5, 0.6) is 5.75 Å². The van der Waals surface area contributed by atoms with Gasteiger partial charge in [-0.3, -0.25) is 14.4 Å². The number of carbonyl (C=O) groups is 3. The first kappa shape index (κ1) is 26.7. The van der Waals surface area contributed by atoms with Crippen molar-refractivity contribution in [1.29, 1.82) is 0 Å². The monoisotopic (exact) mass is 525 g/mol. The molecule has 3 aliphatic heterocycles. The van der Waals surface area contributed by atoms with Crippen LogP contribution in [0, 0.1) is 11.8 Å². The first-order valence-corrected chi connectivity index (χ1v) is 13.9. The van der Waals surface area contributed by atoms with Crippen molar-refractivity contribution in [1.82, 2.24) is 10.2 Å². The molecule has 2 saturated heterocycles. The predicted molar refractivity (Wildman–Crippen MR) is 142 cm³/mol. The highest BCUT2D eigenvalue weighted by Gasteiger charge is 2.72. The SMILES string of the molecule is COc1cccc(NC(=O)C2C3C=CC4(O3)C2C(=O)N(CCCOC(C)C)C4C(=O)NC2CCCCC2)c1. The molecule has 3 fully saturated rings. The van der Waals surface area contributed by atoms with Crippen molar-refractivity contribution >= 4 is 23.4 Å². The lowest BCUT2D eigenvalue weighted by atomic mass is 9.74. The van der Waals surface area contributed by atoms with Crippen molar-refractivity contribution < 1.29 is 28.6 Å². The number of rotatable bonds is 10. The fraction of sp³-hybridized carbons (Fsp3) is 0.621. The van der Waals surface area contributed by atoms with Crippen LogP contribution in [-0.2, 0) is 23.9 Å². The van der Waals surface area contributed by atoms with Gasteiger partial charge in [0.15, 0.2) is 0 Å². The number of nitrogens with zero attached hydrogens (tertiary/aromatic N) is 1. The van der Waals surface area contributed by atoms with E-state index >= 15 is 0 Å². The molecule has 4 aliphatic rings. The summed E-state index contributed by atoms with van der Waals surface area (Å²) >= 11 is 0. The molecular formula is C29H39N3O6. The molecule has 1 saturated carbocycles. The number of hydrogen-bond acceptors (Lipinski definition) is 6. The second-order valence-corrected chi connectivity index (χ2v) is 11.1. The maximum atomic E-state index is 14.0. The summed E-state index contributed by atoms with van der Waals surface area (Å²) in [5, 5.41) is 6.15. The fourth-order valence-corrected chi connectivity index (χ4v) is 6.52. The Morgan fingerprint density at radius 3 is 2.71 bits per heavy atom. The molecule has 1 aromatic rings. The molecule has 2 N–H and O–H groups in total. The number of carbonyl (C=O) groups excluding carboxylic acids is 3. The number of nitrogens with one attached hydrogen (secondary N) is 2. The van der Waals surface area contributed by atoms with Crippen LogP contribution in [0.4, 0.5) is 5.69 Å². The summed E-state index contributed by atoms with van der Waals surface area (Å²) < 4.78 is 17.4. The van der Waals surface area contributed by atoms with E-state index in [-0.39, 0.29) is 29.9 Å². The lowest BCUT2D eigenvalue weighted by Crippen LogP contribution is -2.56. The molecule has 9 heteroatoms. The van der Waals surface area contributed by atoms with Crippen molar-refractivity contribution in [2.24, 2.45) is 11.8 Å². The fourth-order valence-electron chi connectivity index (χ4n) is 6.52. The Hall–Kier alpha value is -2.91. The molecule has 5 rings (SSSR count). The third kappa shape index (κ3) is 4.94. The van der Waals surface area contributed by atoms with Crippen LogP contribution in [0.2, 0.25) is 0 Å². The number of hydrogen-bond donors (Lipinski definition) is 2. The third-order valence-corrected chi connectivity index (χ3v) is 8.21. The molecule has 0 radical (unpaired) electrons. The van der Waals surface area contributed by atoms with E-state index in [9.17, 15) is 14.4 Å². The van der Waals surface area contributed by atoms with E-state index in [1.165, 1.54) is 6.42 Å². The highest BCUT2D eigenvalue weighted by molar-refractivity contribution is 6.02. The Labute approximate surface area is 224 Å². The van der Waals surface area contributed by atoms with Gasteiger partial charge in [0, 0.05) is 30.9 Å². The van der Waals surface area contributed by atoms with Crippen LogP contribution < -0.4 is 15.4 Å². The second kappa shape index (κ2) is 11.1. The highest BCUT2D eigenvalue weighted by atomic mass is 16.5. The van der Waals surface area contributed by atoms with Gasteiger partial charge in [-0.25, -0.2) is 0 Å². The predicted octanol–water partition coefficient (Wildman–Crippen LogP) is 3.05. The lowest BCUT2D eigenvalue weighted by Gasteiger charge is -2.34. The van der Waals surface area contributed by atoms with Gasteiger partial charge < -0.3 is 29.7 Å². The van der Waals surface area contributed by atoms with Crippen molar-refractivity contribution in [3.05, 3.63) is 36.4 Å². The zero-order valence-electron chi connectivity index (χ0n) is 22.5. The average Bonchev–Trinajstić information content (AvgIpc) is 3.54. The Morgan fingerprint density at radius 1 is 1.18 bits per heavy atom. The first-order chi connectivity index (χ1) is 18.3. The average molecular weight is 526 g/mol. The minimum absolute atomic E-state index is 0.0826. The Bertz CT molecular complexity index is 1080. The van der Waals surface area contributed by atoms with Crippen molar-refractivity contribution in [3.8, 4) is 5.75 Å². The van der Waals surface area contributed by atoms with Crippen LogP contribution in [0.1, 0.15) is 52.4 Å². The maximum absolute atomic E-state index is 14.0. The summed E-state index contributed by atoms with van der Waals surface area (Å²) in [5.74, 6) is -1.59. The van der Waals surface area contributed by atoms with E-state index in [1.54, 1.807) is 36.3 Å². The van der Waals surface area contributed by atoms with Gasteiger partial charge in [0.2, 0.25) is 17.7 Å². The number of benzene rings is 1. The normalized spacial score (nSPS) is 30.1. The van der Waals surface area contributed by atoms with Gasteiger partial charge in [-0.1, -0.05) is 37.5 Å². The molecule has 3 amide bonds. The molecule has 1 aliphatic carbocycles. The topological polar surface area (TPSA) is 106 Å². The van der Waals surface area contributed by atoms with E-state index in [1.807, 2.05) is 26.0 Å². The number of amides is 3. The summed E-state index contributed by atoms with van der Waals surface area (Å²) in [5.41, 5.74) is -0.578. The lowest BCUT2D eigenvalue weighted by molar-refractivity contribution is -0.141. The van der Waals surface area contributed by atoms with E-state index < -0.39 is 29.6 Å². The van der Waals surface area contributed by atoms with Gasteiger partial charge in [0.05, 0.1) is 31.2 Å². The van der Waals surface area contributed by atoms with Crippen molar-refractivity contribution in [2.75, 3.05) is 25.6 Å². The largest absolute Gasteiger partial charge is 0.497 e. The smallest absolute Gasteiger partial charge is 0.246 e. The molecule has 3 heterocycles. The summed E-state index contributed by atoms with van der Waals surface area (Å²) in [6.07, 6.45) is 9.04. The van der Waals surface area contributed by atoms with Gasteiger partial charge in [-0.2, -0.15) is 0 Å². The van der Waals surface area contributed by atoms with E-state index in [2.05, 4.69) is 10.6 Å². The maximum Gasteiger partial charge on any atom is 0.246 e. The zero-order valence-corrected chi connectivity index (χ0v) is 22.5. The Kier molecular flexibility index (Phi) is 7.77. The van der Waals surface area contributed by atoms with Gasteiger partial charge in [-0.05, 0) is 45.2 Å². The number of anilines is 1. The quantitative estimate of drug-likeness (QED) is 0.359. The van der Waals surface area contributed by atoms with Crippen LogP contribution in [-0.4, -0.2) is 72.8 Å². The summed E-state index contributed by atoms with van der Waals surface area (Å²) in [4.78, 5) is 43.0. The van der Waals surface area contributed by atoms with E-state index in [0.717, 1.165) is 25.7 Å². The number of ether oxygens (including phenoxy) is 3. The van der Waals surface area contributed by atoms with Crippen LogP contribution in [0.3, 0.4) is 0 Å². The second-order valence-electron chi connectivity index (χ2n) is 11.1. The zero-order chi connectivity index (χ0) is 26.9. The first-order valence-electron chi connectivity index (χ1n) is 13.9. The molecule has 9 nitrogen and oxygen atoms in total. The summed E-state index contributed by atoms with van der Waals surface area (Å²) in [6, 6.07) is 6.37. The molecular weight excluding hydrogens is 486 g/mol.